The Morgan fingerprint density at radius 2 is 2.24 bits per heavy atom. The van der Waals surface area contributed by atoms with Crippen LogP contribution in [-0.2, 0) is 12.4 Å². The van der Waals surface area contributed by atoms with Gasteiger partial charge in [0.25, 0.3) is 0 Å². The van der Waals surface area contributed by atoms with Crippen molar-refractivity contribution in [3.63, 3.8) is 0 Å². The maximum Gasteiger partial charge on any atom is 0.124 e. The predicted molar refractivity (Wildman–Crippen MR) is 71.6 cm³/mol. The van der Waals surface area contributed by atoms with Gasteiger partial charge in [-0.2, -0.15) is 0 Å². The monoisotopic (exact) mass is 268 g/mol. The molecule has 4 heteroatoms. The highest BCUT2D eigenvalue weighted by molar-refractivity contribution is 6.31. The average Bonchev–Trinajstić information content (AvgIpc) is 2.88. The molecule has 2 unspecified atom stereocenters. The van der Waals surface area contributed by atoms with Crippen molar-refractivity contribution in [3.05, 3.63) is 29.0 Å². The van der Waals surface area contributed by atoms with Crippen molar-refractivity contribution in [3.8, 4) is 0 Å². The molecule has 0 saturated heterocycles. The number of hydrogen-bond acceptors (Lipinski definition) is 1. The molecule has 90 valence electrons. The van der Waals surface area contributed by atoms with Crippen molar-refractivity contribution in [1.29, 1.82) is 0 Å². The molecule has 3 rings (SSSR count). The van der Waals surface area contributed by atoms with Crippen molar-refractivity contribution in [2.45, 2.75) is 25.8 Å². The molecular weight excluding hydrogens is 255 g/mol. The van der Waals surface area contributed by atoms with Crippen LogP contribution in [0.3, 0.4) is 0 Å². The minimum absolute atomic E-state index is 0.452. The first-order valence-electron chi connectivity index (χ1n) is 5.89. The van der Waals surface area contributed by atoms with Crippen molar-refractivity contribution in [2.24, 2.45) is 11.8 Å². The van der Waals surface area contributed by atoms with Gasteiger partial charge < -0.3 is 4.57 Å². The van der Waals surface area contributed by atoms with Crippen molar-refractivity contribution in [2.75, 3.05) is 0 Å². The Morgan fingerprint density at radius 3 is 2.88 bits per heavy atom. The second-order valence-electron chi connectivity index (χ2n) is 4.88. The SMILES string of the molecule is CC1CC1Cn1c(CCl)nc2cc(Cl)ccc21. The van der Waals surface area contributed by atoms with Crippen molar-refractivity contribution >= 4 is 34.2 Å². The van der Waals surface area contributed by atoms with Crippen LogP contribution >= 0.6 is 23.2 Å². The molecule has 0 radical (unpaired) electrons. The van der Waals surface area contributed by atoms with Gasteiger partial charge in [0.15, 0.2) is 0 Å². The molecule has 2 aromatic rings. The molecule has 0 spiro atoms. The standard InChI is InChI=1S/C13H14Cl2N2/c1-8-4-9(8)7-17-12-3-2-10(15)5-11(12)16-13(17)6-14/h2-3,5,8-9H,4,6-7H2,1H3. The first kappa shape index (κ1) is 11.4. The number of imidazole rings is 1. The predicted octanol–water partition coefficient (Wildman–Crippen LogP) is 4.08. The van der Waals surface area contributed by atoms with Gasteiger partial charge in [0, 0.05) is 11.6 Å². The van der Waals surface area contributed by atoms with E-state index in [0.717, 1.165) is 40.3 Å². The number of fused-ring (bicyclic) bond motifs is 1. The summed E-state index contributed by atoms with van der Waals surface area (Å²) in [7, 11) is 0. The number of halogens is 2. The fraction of sp³-hybridized carbons (Fsp3) is 0.462. The summed E-state index contributed by atoms with van der Waals surface area (Å²) < 4.78 is 2.24. The zero-order valence-corrected chi connectivity index (χ0v) is 11.2. The summed E-state index contributed by atoms with van der Waals surface area (Å²) >= 11 is 11.9. The molecule has 1 aromatic heterocycles. The minimum atomic E-state index is 0.452. The number of benzene rings is 1. The third-order valence-electron chi connectivity index (χ3n) is 3.60. The minimum Gasteiger partial charge on any atom is -0.327 e. The van der Waals surface area contributed by atoms with E-state index in [0.29, 0.717) is 5.88 Å². The van der Waals surface area contributed by atoms with E-state index < -0.39 is 0 Å². The summed E-state index contributed by atoms with van der Waals surface area (Å²) in [5, 5.41) is 0.725. The zero-order valence-electron chi connectivity index (χ0n) is 9.66. The van der Waals surface area contributed by atoms with Gasteiger partial charge >= 0.3 is 0 Å². The Labute approximate surface area is 111 Å². The highest BCUT2D eigenvalue weighted by Crippen LogP contribution is 2.40. The summed E-state index contributed by atoms with van der Waals surface area (Å²) in [4.78, 5) is 4.54. The Hall–Kier alpha value is -0.730. The molecule has 1 fully saturated rings. The third kappa shape index (κ3) is 2.04. The lowest BCUT2D eigenvalue weighted by Gasteiger charge is -2.06. The second-order valence-corrected chi connectivity index (χ2v) is 5.58. The molecule has 1 heterocycles. The molecule has 2 atom stereocenters. The largest absolute Gasteiger partial charge is 0.327 e. The van der Waals surface area contributed by atoms with Crippen LogP contribution in [0.4, 0.5) is 0 Å². The van der Waals surface area contributed by atoms with Crippen LogP contribution in [-0.4, -0.2) is 9.55 Å². The molecule has 0 bridgehead atoms. The fourth-order valence-electron chi connectivity index (χ4n) is 2.35. The highest BCUT2D eigenvalue weighted by Gasteiger charge is 2.33. The van der Waals surface area contributed by atoms with E-state index in [2.05, 4.69) is 16.5 Å². The maximum absolute atomic E-state index is 5.98. The lowest BCUT2D eigenvalue weighted by Crippen LogP contribution is -2.04. The molecule has 17 heavy (non-hydrogen) atoms. The van der Waals surface area contributed by atoms with Crippen LogP contribution in [0.2, 0.25) is 5.02 Å². The third-order valence-corrected chi connectivity index (χ3v) is 4.08. The molecule has 0 N–H and O–H groups in total. The van der Waals surface area contributed by atoms with Crippen LogP contribution in [0.1, 0.15) is 19.2 Å². The van der Waals surface area contributed by atoms with Crippen molar-refractivity contribution < 1.29 is 0 Å². The molecule has 0 amide bonds. The smallest absolute Gasteiger partial charge is 0.124 e. The normalized spacial score (nSPS) is 23.2. The molecular formula is C13H14Cl2N2. The van der Waals surface area contributed by atoms with Gasteiger partial charge in [-0.1, -0.05) is 18.5 Å². The quantitative estimate of drug-likeness (QED) is 0.767. The van der Waals surface area contributed by atoms with Crippen LogP contribution in [0, 0.1) is 11.8 Å². The van der Waals surface area contributed by atoms with E-state index >= 15 is 0 Å². The highest BCUT2D eigenvalue weighted by atomic mass is 35.5. The number of hydrogen-bond donors (Lipinski definition) is 0. The zero-order chi connectivity index (χ0) is 12.0. The molecule has 1 saturated carbocycles. The van der Waals surface area contributed by atoms with Gasteiger partial charge in [0.05, 0.1) is 16.9 Å². The van der Waals surface area contributed by atoms with E-state index in [1.807, 2.05) is 18.2 Å². The fourth-order valence-corrected chi connectivity index (χ4v) is 2.72. The Kier molecular flexibility index (Phi) is 2.80. The van der Waals surface area contributed by atoms with Crippen LogP contribution in [0.25, 0.3) is 11.0 Å². The summed E-state index contributed by atoms with van der Waals surface area (Å²) in [5.41, 5.74) is 2.09. The maximum atomic E-state index is 5.98. The Balaban J connectivity index is 2.06. The summed E-state index contributed by atoms with van der Waals surface area (Å²) in [5.74, 6) is 3.02. The number of aromatic nitrogens is 2. The first-order valence-corrected chi connectivity index (χ1v) is 6.81. The van der Waals surface area contributed by atoms with E-state index in [-0.39, 0.29) is 0 Å². The van der Waals surface area contributed by atoms with E-state index in [9.17, 15) is 0 Å². The van der Waals surface area contributed by atoms with Gasteiger partial charge in [-0.15, -0.1) is 11.6 Å². The van der Waals surface area contributed by atoms with E-state index in [4.69, 9.17) is 23.2 Å². The first-order chi connectivity index (χ1) is 8.19. The second kappa shape index (κ2) is 4.18. The molecule has 0 aliphatic heterocycles. The van der Waals surface area contributed by atoms with Gasteiger partial charge in [0.2, 0.25) is 0 Å². The van der Waals surface area contributed by atoms with E-state index in [1.54, 1.807) is 0 Å². The lowest BCUT2D eigenvalue weighted by molar-refractivity contribution is 0.591. The van der Waals surface area contributed by atoms with Crippen LogP contribution in [0.5, 0.6) is 0 Å². The van der Waals surface area contributed by atoms with Gasteiger partial charge in [0.1, 0.15) is 5.82 Å². The van der Waals surface area contributed by atoms with E-state index in [1.165, 1.54) is 6.42 Å². The van der Waals surface area contributed by atoms with Crippen LogP contribution < -0.4 is 0 Å². The average molecular weight is 269 g/mol. The molecule has 1 aromatic carbocycles. The van der Waals surface area contributed by atoms with Gasteiger partial charge in [-0.25, -0.2) is 4.98 Å². The summed E-state index contributed by atoms with van der Waals surface area (Å²) in [6, 6.07) is 5.85. The molecule has 1 aliphatic carbocycles. The molecule has 1 aliphatic rings. The summed E-state index contributed by atoms with van der Waals surface area (Å²) in [6.45, 7) is 3.32. The lowest BCUT2D eigenvalue weighted by atomic mass is 10.3. The van der Waals surface area contributed by atoms with Crippen LogP contribution in [0.15, 0.2) is 18.2 Å². The number of alkyl halides is 1. The summed E-state index contributed by atoms with van der Waals surface area (Å²) in [6.07, 6.45) is 1.31. The van der Waals surface area contributed by atoms with Crippen molar-refractivity contribution in [1.82, 2.24) is 9.55 Å². The number of nitrogens with zero attached hydrogens (tertiary/aromatic N) is 2. The van der Waals surface area contributed by atoms with Gasteiger partial charge in [-0.05, 0) is 36.5 Å². The topological polar surface area (TPSA) is 17.8 Å². The van der Waals surface area contributed by atoms with Gasteiger partial charge in [-0.3, -0.25) is 0 Å². The Morgan fingerprint density at radius 1 is 1.47 bits per heavy atom. The number of rotatable bonds is 3. The molecule has 2 nitrogen and oxygen atoms in total. The Bertz CT molecular complexity index is 562.